The van der Waals surface area contributed by atoms with Crippen molar-refractivity contribution in [2.24, 2.45) is 0 Å². The van der Waals surface area contributed by atoms with E-state index in [1.54, 1.807) is 6.07 Å². The summed E-state index contributed by atoms with van der Waals surface area (Å²) < 4.78 is 37.9. The fourth-order valence-corrected chi connectivity index (χ4v) is 4.52. The molecule has 0 N–H and O–H groups in total. The molecule has 19 heavy (non-hydrogen) atoms. The molecule has 1 heterocycles. The average molecular weight is 349 g/mol. The first-order valence-corrected chi connectivity index (χ1v) is 8.59. The second-order valence-corrected chi connectivity index (χ2v) is 7.95. The van der Waals surface area contributed by atoms with E-state index in [4.69, 9.17) is 0 Å². The molecule has 0 bridgehead atoms. The lowest BCUT2D eigenvalue weighted by molar-refractivity contribution is -0.118. The molecule has 104 valence electrons. The van der Waals surface area contributed by atoms with Crippen LogP contribution in [0.1, 0.15) is 24.8 Å². The van der Waals surface area contributed by atoms with Crippen molar-refractivity contribution in [1.29, 1.82) is 0 Å². The normalized spacial score (nSPS) is 22.1. The predicted octanol–water partition coefficient (Wildman–Crippen LogP) is 2.67. The molecule has 0 radical (unpaired) electrons. The van der Waals surface area contributed by atoms with Crippen LogP contribution in [-0.4, -0.2) is 25.2 Å². The van der Waals surface area contributed by atoms with E-state index in [1.165, 1.54) is 12.1 Å². The van der Waals surface area contributed by atoms with Gasteiger partial charge in [0.2, 0.25) is 0 Å². The number of carbonyl (C=O) groups excluding carboxylic acids is 1. The first kappa shape index (κ1) is 14.7. The maximum absolute atomic E-state index is 13.6. The predicted molar refractivity (Wildman–Crippen MR) is 74.2 cm³/mol. The molecule has 0 aliphatic carbocycles. The van der Waals surface area contributed by atoms with Gasteiger partial charge < -0.3 is 0 Å². The summed E-state index contributed by atoms with van der Waals surface area (Å²) in [5.74, 6) is -0.830. The molecule has 0 saturated carbocycles. The number of halogens is 2. The van der Waals surface area contributed by atoms with Crippen molar-refractivity contribution >= 4 is 31.6 Å². The van der Waals surface area contributed by atoms with E-state index in [1.807, 2.05) is 0 Å². The second-order valence-electron chi connectivity index (χ2n) is 4.73. The highest BCUT2D eigenvalue weighted by molar-refractivity contribution is 9.10. The van der Waals surface area contributed by atoms with Crippen LogP contribution in [0.4, 0.5) is 4.39 Å². The lowest BCUT2D eigenvalue weighted by Gasteiger charge is -2.21. The van der Waals surface area contributed by atoms with E-state index in [0.29, 0.717) is 17.3 Å². The maximum Gasteiger partial charge on any atom is 0.160 e. The van der Waals surface area contributed by atoms with Crippen LogP contribution in [0.3, 0.4) is 0 Å². The van der Waals surface area contributed by atoms with Crippen LogP contribution < -0.4 is 0 Å². The number of Topliss-reactive ketones (excluding diaryl/α,β-unsaturated/α-hetero) is 1. The minimum Gasteiger partial charge on any atom is -0.298 e. The first-order valence-electron chi connectivity index (χ1n) is 6.08. The summed E-state index contributed by atoms with van der Waals surface area (Å²) in [4.78, 5) is 12.1. The van der Waals surface area contributed by atoms with Gasteiger partial charge in [0.15, 0.2) is 15.6 Å². The third kappa shape index (κ3) is 3.42. The Morgan fingerprint density at radius 3 is 2.74 bits per heavy atom. The van der Waals surface area contributed by atoms with Crippen molar-refractivity contribution < 1.29 is 17.6 Å². The topological polar surface area (TPSA) is 51.2 Å². The summed E-state index contributed by atoms with van der Waals surface area (Å²) in [7, 11) is -3.35. The Balaban J connectivity index is 2.17. The molecule has 6 heteroatoms. The van der Waals surface area contributed by atoms with Gasteiger partial charge >= 0.3 is 0 Å². The summed E-state index contributed by atoms with van der Waals surface area (Å²) >= 11 is 3.14. The van der Waals surface area contributed by atoms with E-state index in [2.05, 4.69) is 15.9 Å². The molecular formula is C13H14BrFO3S. The third-order valence-corrected chi connectivity index (χ3v) is 6.03. The Kier molecular flexibility index (Phi) is 4.40. The minimum absolute atomic E-state index is 0.0617. The number of carbonyl (C=O) groups is 1. The standard InChI is InChI=1S/C13H14BrFO3S/c14-10-5-4-9(11(15)8-10)7-12(16)13-3-1-2-6-19(13,17)18/h4-5,8,13H,1-3,6-7H2. The Bertz CT molecular complexity index is 598. The Labute approximate surface area is 120 Å². The molecule has 1 aromatic rings. The molecular weight excluding hydrogens is 335 g/mol. The summed E-state index contributed by atoms with van der Waals surface area (Å²) in [6.07, 6.45) is 1.54. The average Bonchev–Trinajstić information content (AvgIpc) is 2.32. The van der Waals surface area contributed by atoms with E-state index >= 15 is 0 Å². The molecule has 1 fully saturated rings. The van der Waals surface area contributed by atoms with Crippen LogP contribution in [-0.2, 0) is 21.1 Å². The van der Waals surface area contributed by atoms with Gasteiger partial charge in [0, 0.05) is 10.9 Å². The van der Waals surface area contributed by atoms with Gasteiger partial charge in [-0.1, -0.05) is 28.4 Å². The SMILES string of the molecule is O=C(Cc1ccc(Br)cc1F)C1CCCCS1(=O)=O. The van der Waals surface area contributed by atoms with Crippen LogP contribution in [0.25, 0.3) is 0 Å². The molecule has 0 amide bonds. The van der Waals surface area contributed by atoms with E-state index in [9.17, 15) is 17.6 Å². The van der Waals surface area contributed by atoms with Crippen LogP contribution in [0.15, 0.2) is 22.7 Å². The Morgan fingerprint density at radius 2 is 2.11 bits per heavy atom. The maximum atomic E-state index is 13.6. The lowest BCUT2D eigenvalue weighted by atomic mass is 10.0. The van der Waals surface area contributed by atoms with Gasteiger partial charge in [-0.2, -0.15) is 0 Å². The number of hydrogen-bond acceptors (Lipinski definition) is 3. The Morgan fingerprint density at radius 1 is 1.37 bits per heavy atom. The zero-order chi connectivity index (χ0) is 14.0. The van der Waals surface area contributed by atoms with Gasteiger partial charge in [0.05, 0.1) is 5.75 Å². The molecule has 3 nitrogen and oxygen atoms in total. The number of hydrogen-bond donors (Lipinski definition) is 0. The molecule has 1 unspecified atom stereocenters. The number of sulfone groups is 1. The molecule has 1 aromatic carbocycles. The molecule has 1 atom stereocenters. The van der Waals surface area contributed by atoms with Crippen LogP contribution in [0, 0.1) is 5.82 Å². The summed E-state index contributed by atoms with van der Waals surface area (Å²) in [5.41, 5.74) is 0.244. The zero-order valence-electron chi connectivity index (χ0n) is 10.2. The fraction of sp³-hybridized carbons (Fsp3) is 0.462. The highest BCUT2D eigenvalue weighted by Crippen LogP contribution is 2.23. The Hall–Kier alpha value is -0.750. The monoisotopic (exact) mass is 348 g/mol. The van der Waals surface area contributed by atoms with Gasteiger partial charge in [0.1, 0.15) is 11.1 Å². The molecule has 0 spiro atoms. The van der Waals surface area contributed by atoms with Crippen molar-refractivity contribution in [2.45, 2.75) is 30.9 Å². The second kappa shape index (κ2) is 5.71. The van der Waals surface area contributed by atoms with Gasteiger partial charge in [0.25, 0.3) is 0 Å². The highest BCUT2D eigenvalue weighted by Gasteiger charge is 2.34. The summed E-state index contributed by atoms with van der Waals surface area (Å²) in [6.45, 7) is 0. The third-order valence-electron chi connectivity index (χ3n) is 3.32. The number of benzene rings is 1. The van der Waals surface area contributed by atoms with Gasteiger partial charge in [-0.25, -0.2) is 12.8 Å². The first-order chi connectivity index (χ1) is 8.90. The van der Waals surface area contributed by atoms with Gasteiger partial charge in [-0.3, -0.25) is 4.79 Å². The smallest absolute Gasteiger partial charge is 0.160 e. The minimum atomic E-state index is -3.35. The lowest BCUT2D eigenvalue weighted by Crippen LogP contribution is -2.36. The fourth-order valence-electron chi connectivity index (χ4n) is 2.28. The van der Waals surface area contributed by atoms with Crippen LogP contribution in [0.2, 0.25) is 0 Å². The van der Waals surface area contributed by atoms with Crippen molar-refractivity contribution in [1.82, 2.24) is 0 Å². The van der Waals surface area contributed by atoms with Crippen molar-refractivity contribution in [3.63, 3.8) is 0 Å². The van der Waals surface area contributed by atoms with Crippen molar-refractivity contribution in [3.05, 3.63) is 34.1 Å². The largest absolute Gasteiger partial charge is 0.298 e. The van der Waals surface area contributed by atoms with Gasteiger partial charge in [-0.15, -0.1) is 0 Å². The van der Waals surface area contributed by atoms with Gasteiger partial charge in [-0.05, 0) is 30.5 Å². The molecule has 1 aliphatic heterocycles. The number of rotatable bonds is 3. The zero-order valence-corrected chi connectivity index (χ0v) is 12.6. The van der Waals surface area contributed by atoms with E-state index in [-0.39, 0.29) is 17.7 Å². The summed E-state index contributed by atoms with van der Waals surface area (Å²) in [5, 5.41) is -0.954. The molecule has 1 saturated heterocycles. The van der Waals surface area contributed by atoms with E-state index in [0.717, 1.165) is 6.42 Å². The summed E-state index contributed by atoms with van der Waals surface area (Å²) in [6, 6.07) is 4.42. The van der Waals surface area contributed by atoms with Crippen molar-refractivity contribution in [3.8, 4) is 0 Å². The van der Waals surface area contributed by atoms with Crippen LogP contribution >= 0.6 is 15.9 Å². The van der Waals surface area contributed by atoms with Crippen molar-refractivity contribution in [2.75, 3.05) is 5.75 Å². The number of ketones is 1. The molecule has 0 aromatic heterocycles. The molecule has 1 aliphatic rings. The molecule has 2 rings (SSSR count). The van der Waals surface area contributed by atoms with Crippen LogP contribution in [0.5, 0.6) is 0 Å². The highest BCUT2D eigenvalue weighted by atomic mass is 79.9. The quantitative estimate of drug-likeness (QED) is 0.843. The van der Waals surface area contributed by atoms with E-state index < -0.39 is 26.7 Å².